The summed E-state index contributed by atoms with van der Waals surface area (Å²) in [6, 6.07) is 8.14. The molecule has 0 aromatic heterocycles. The summed E-state index contributed by atoms with van der Waals surface area (Å²) < 4.78 is 0. The third-order valence-electron chi connectivity index (χ3n) is 6.04. The largest absolute Gasteiger partial charge is 1.00 e. The smallest absolute Gasteiger partial charge is 0.870 e. The predicted octanol–water partition coefficient (Wildman–Crippen LogP) is 10.9. The Labute approximate surface area is 376 Å². The number of anilines is 1. The fourth-order valence-corrected chi connectivity index (χ4v) is 6.60. The van der Waals surface area contributed by atoms with Crippen molar-refractivity contribution in [3.05, 3.63) is 145 Å². The van der Waals surface area contributed by atoms with Gasteiger partial charge in [0.15, 0.2) is 0 Å². The Balaban J connectivity index is 0.000000822. The van der Waals surface area contributed by atoms with Gasteiger partial charge in [0.2, 0.25) is 11.4 Å². The van der Waals surface area contributed by atoms with Gasteiger partial charge in [0.05, 0.1) is 95.1 Å². The maximum atomic E-state index is 10.9. The van der Waals surface area contributed by atoms with E-state index in [2.05, 4.69) is 9.69 Å². The molecule has 4 aromatic rings. The number of nitrogens with two attached hydrogens (primary N) is 1. The van der Waals surface area contributed by atoms with E-state index in [1.165, 1.54) is 0 Å². The zero-order valence-corrected chi connectivity index (χ0v) is 35.8. The summed E-state index contributed by atoms with van der Waals surface area (Å²) in [6.07, 6.45) is -0.0443. The molecule has 0 radical (unpaired) electrons. The van der Waals surface area contributed by atoms with Crippen molar-refractivity contribution < 1.29 is 44.9 Å². The van der Waals surface area contributed by atoms with E-state index in [0.717, 1.165) is 24.3 Å². The second kappa shape index (κ2) is 22.2. The predicted molar refractivity (Wildman–Crippen MR) is 205 cm³/mol. The SMILES string of the molecule is Nc1c(Cl)cc([N+](=O)[O-])cc1Cl.[C-]#[N+]c1c(Cl)c(C#N)c(Cl)c(Cl)c1Cc1c(Cl)cc([N+](=O)[O-])cc1Cl.[C-]#[N+]c1c(Cl)c(Cl)c(Cl)c(C#N)c1Cl.[Na+].[OH-]. The molecule has 0 bridgehead atoms. The Morgan fingerprint density at radius 3 is 1.32 bits per heavy atom. The minimum absolute atomic E-state index is 0. The van der Waals surface area contributed by atoms with E-state index >= 15 is 0 Å². The molecule has 0 fully saturated rings. The molecule has 0 saturated carbocycles. The van der Waals surface area contributed by atoms with E-state index < -0.39 is 9.85 Å². The molecule has 0 saturated heterocycles. The van der Waals surface area contributed by atoms with Gasteiger partial charge in [0.25, 0.3) is 11.4 Å². The molecule has 0 spiro atoms. The molecule has 0 aliphatic carbocycles. The van der Waals surface area contributed by atoms with Gasteiger partial charge in [-0.05, 0) is 17.5 Å². The summed E-state index contributed by atoms with van der Waals surface area (Å²) in [5, 5.41) is 38.8. The summed E-state index contributed by atoms with van der Waals surface area (Å²) in [6.45, 7) is 14.1. The summed E-state index contributed by atoms with van der Waals surface area (Å²) in [5.41, 5.74) is 5.37. The van der Waals surface area contributed by atoms with E-state index in [4.69, 9.17) is 157 Å². The molecule has 53 heavy (non-hydrogen) atoms. The van der Waals surface area contributed by atoms with Crippen LogP contribution in [0.1, 0.15) is 22.3 Å². The quantitative estimate of drug-likeness (QED) is 0.0396. The standard InChI is InChI=1S/C15H4Cl5N3O2.C8Cl4N2.C6H4Cl2N2O2.Na.H2O/c1-22-15-8(12(18)13(19)9(5-21)14(15)20)4-7-10(16)2-6(23(24)25)3-11(7)17;1-14-8-5(10)3(2-13)4(9)6(11)7(8)12;7-4-1-3(10(11)12)2-5(8)6(4)9;;/h2-3H,4H2;;1-2H,9H2;;1H2/q;;;+1;/p-1. The minimum atomic E-state index is -0.630. The third kappa shape index (κ3) is 11.8. The number of non-ortho nitro benzene ring substituents is 2. The molecule has 0 unspecified atom stereocenters. The second-order valence-corrected chi connectivity index (χ2v) is 13.2. The van der Waals surface area contributed by atoms with Gasteiger partial charge in [-0.2, -0.15) is 10.5 Å². The molecular weight excluding hydrogens is 939 g/mol. The maximum Gasteiger partial charge on any atom is 1.00 e. The van der Waals surface area contributed by atoms with Gasteiger partial charge in [0, 0.05) is 24.3 Å². The van der Waals surface area contributed by atoms with Gasteiger partial charge in [-0.1, -0.05) is 128 Å². The zero-order chi connectivity index (χ0) is 39.1. The van der Waals surface area contributed by atoms with Gasteiger partial charge in [0.1, 0.15) is 12.1 Å². The topological polar surface area (TPSA) is 199 Å². The van der Waals surface area contributed by atoms with Gasteiger partial charge >= 0.3 is 29.6 Å². The Hall–Kier alpha value is -2.41. The number of hydrogen-bond donors (Lipinski definition) is 1. The van der Waals surface area contributed by atoms with Crippen LogP contribution in [0.25, 0.3) is 9.69 Å². The van der Waals surface area contributed by atoms with E-state index in [0.29, 0.717) is 5.56 Å². The van der Waals surface area contributed by atoms with Crippen molar-refractivity contribution in [2.24, 2.45) is 0 Å². The molecule has 0 aliphatic rings. The zero-order valence-electron chi connectivity index (χ0n) is 25.5. The Morgan fingerprint density at radius 2 is 0.962 bits per heavy atom. The van der Waals surface area contributed by atoms with Crippen LogP contribution in [0.3, 0.4) is 0 Å². The van der Waals surface area contributed by atoms with Crippen LogP contribution in [-0.2, 0) is 6.42 Å². The average Bonchev–Trinajstić information content (AvgIpc) is 3.07. The summed E-state index contributed by atoms with van der Waals surface area (Å²) in [5.74, 6) is 0. The van der Waals surface area contributed by atoms with Crippen LogP contribution >= 0.6 is 128 Å². The van der Waals surface area contributed by atoms with Gasteiger partial charge < -0.3 is 11.2 Å². The number of rotatable bonds is 4. The number of nitro groups is 2. The number of benzene rings is 4. The molecule has 4 rings (SSSR count). The van der Waals surface area contributed by atoms with E-state index in [9.17, 15) is 20.2 Å². The van der Waals surface area contributed by atoms with Crippen LogP contribution < -0.4 is 35.3 Å². The van der Waals surface area contributed by atoms with Crippen LogP contribution in [0.2, 0.25) is 55.2 Å². The minimum Gasteiger partial charge on any atom is -0.870 e. The molecule has 3 N–H and O–H groups in total. The number of nitrogen functional groups attached to an aromatic ring is 1. The first-order valence-corrected chi connectivity index (χ1v) is 16.6. The van der Waals surface area contributed by atoms with Crippen LogP contribution in [0.4, 0.5) is 28.4 Å². The molecule has 0 heterocycles. The molecule has 24 heteroatoms. The van der Waals surface area contributed by atoms with Crippen molar-refractivity contribution in [2.75, 3.05) is 5.73 Å². The Bertz CT molecular complexity index is 2220. The number of hydrogen-bond acceptors (Lipinski definition) is 8. The Morgan fingerprint density at radius 1 is 0.604 bits per heavy atom. The fraction of sp³-hybridized carbons (Fsp3) is 0.0345. The van der Waals surface area contributed by atoms with Gasteiger partial charge in [-0.25, -0.2) is 9.69 Å². The molecule has 0 aliphatic heterocycles. The maximum absolute atomic E-state index is 10.9. The van der Waals surface area contributed by atoms with Crippen molar-refractivity contribution in [1.29, 1.82) is 10.5 Å². The number of halogens is 11. The van der Waals surface area contributed by atoms with Crippen LogP contribution in [0, 0.1) is 56.0 Å². The first-order valence-electron chi connectivity index (χ1n) is 12.4. The third-order valence-corrected chi connectivity index (χ3v) is 10.3. The van der Waals surface area contributed by atoms with Crippen molar-refractivity contribution in [1.82, 2.24) is 0 Å². The fourth-order valence-electron chi connectivity index (χ4n) is 3.60. The molecule has 0 atom stereocenters. The van der Waals surface area contributed by atoms with Crippen molar-refractivity contribution in [2.45, 2.75) is 6.42 Å². The first kappa shape index (κ1) is 50.6. The van der Waals surface area contributed by atoms with E-state index in [1.54, 1.807) is 12.1 Å². The van der Waals surface area contributed by atoms with Gasteiger partial charge in [-0.15, -0.1) is 0 Å². The summed E-state index contributed by atoms with van der Waals surface area (Å²) in [4.78, 5) is 26.3. The molecular formula is C29H9Cl11N7NaO5. The average molecular weight is 948 g/mol. The van der Waals surface area contributed by atoms with Crippen molar-refractivity contribution >= 4 is 156 Å². The number of nitro benzene ring substituents is 2. The number of nitriles is 2. The van der Waals surface area contributed by atoms with E-state index in [1.807, 2.05) is 0 Å². The van der Waals surface area contributed by atoms with Crippen LogP contribution in [0.5, 0.6) is 0 Å². The molecule has 12 nitrogen and oxygen atoms in total. The Kier molecular flexibility index (Phi) is 21.2. The molecule has 0 amide bonds. The van der Waals surface area contributed by atoms with E-state index in [-0.39, 0.29) is 142 Å². The second-order valence-electron chi connectivity index (χ2n) is 8.97. The number of nitrogens with zero attached hydrogens (tertiary/aromatic N) is 6. The monoisotopic (exact) mass is 943 g/mol. The summed E-state index contributed by atoms with van der Waals surface area (Å²) >= 11 is 64.4. The van der Waals surface area contributed by atoms with Crippen molar-refractivity contribution in [3.8, 4) is 12.1 Å². The first-order chi connectivity index (χ1) is 23.8. The van der Waals surface area contributed by atoms with Gasteiger partial charge in [-0.3, -0.25) is 20.2 Å². The molecule has 4 aromatic carbocycles. The normalized spacial score (nSPS) is 9.49. The summed E-state index contributed by atoms with van der Waals surface area (Å²) in [7, 11) is 0. The van der Waals surface area contributed by atoms with Crippen LogP contribution in [0.15, 0.2) is 24.3 Å². The van der Waals surface area contributed by atoms with Crippen LogP contribution in [-0.4, -0.2) is 15.3 Å². The van der Waals surface area contributed by atoms with Crippen molar-refractivity contribution in [3.63, 3.8) is 0 Å². The molecule has 268 valence electrons.